The Labute approximate surface area is 184 Å². The van der Waals surface area contributed by atoms with Crippen molar-refractivity contribution in [1.82, 2.24) is 15.1 Å². The molecule has 31 heavy (non-hydrogen) atoms. The van der Waals surface area contributed by atoms with Crippen LogP contribution in [0.15, 0.2) is 48.5 Å². The van der Waals surface area contributed by atoms with Crippen molar-refractivity contribution in [2.24, 2.45) is 7.05 Å². The number of carbonyl (C=O) groups excluding carboxylic acids is 1. The summed E-state index contributed by atoms with van der Waals surface area (Å²) in [5.41, 5.74) is 4.77. The highest BCUT2D eigenvalue weighted by Crippen LogP contribution is 2.28. The van der Waals surface area contributed by atoms with Gasteiger partial charge >= 0.3 is 0 Å². The van der Waals surface area contributed by atoms with Crippen LogP contribution in [-0.4, -0.2) is 36.5 Å². The average molecular weight is 422 g/mol. The molecule has 0 aliphatic carbocycles. The molecule has 0 fully saturated rings. The molecular formula is C25H31N3O3. The van der Waals surface area contributed by atoms with Gasteiger partial charge in [0.05, 0.1) is 19.9 Å². The summed E-state index contributed by atoms with van der Waals surface area (Å²) in [6, 6.07) is 16.0. The Morgan fingerprint density at radius 1 is 1.00 bits per heavy atom. The maximum Gasteiger partial charge on any atom is 0.271 e. The van der Waals surface area contributed by atoms with Crippen LogP contribution in [0.3, 0.4) is 0 Å². The van der Waals surface area contributed by atoms with E-state index in [1.165, 1.54) is 5.56 Å². The van der Waals surface area contributed by atoms with E-state index < -0.39 is 0 Å². The van der Waals surface area contributed by atoms with Crippen molar-refractivity contribution in [2.45, 2.75) is 32.6 Å². The number of nitrogens with zero attached hydrogens (tertiary/aromatic N) is 2. The Hall–Kier alpha value is -3.28. The number of ether oxygens (including phenoxy) is 2. The van der Waals surface area contributed by atoms with E-state index >= 15 is 0 Å². The van der Waals surface area contributed by atoms with Gasteiger partial charge in [0.15, 0.2) is 17.2 Å². The summed E-state index contributed by atoms with van der Waals surface area (Å²) < 4.78 is 12.3. The third-order valence-electron chi connectivity index (χ3n) is 5.31. The van der Waals surface area contributed by atoms with Gasteiger partial charge in [-0.15, -0.1) is 0 Å². The Morgan fingerprint density at radius 3 is 2.29 bits per heavy atom. The van der Waals surface area contributed by atoms with E-state index in [9.17, 15) is 4.79 Å². The number of methoxy groups -OCH3 is 2. The van der Waals surface area contributed by atoms with E-state index in [2.05, 4.69) is 55.5 Å². The van der Waals surface area contributed by atoms with Gasteiger partial charge in [-0.1, -0.05) is 51.1 Å². The summed E-state index contributed by atoms with van der Waals surface area (Å²) in [5, 5.41) is 7.35. The van der Waals surface area contributed by atoms with E-state index in [1.54, 1.807) is 18.9 Å². The van der Waals surface area contributed by atoms with Crippen LogP contribution in [0.4, 0.5) is 0 Å². The van der Waals surface area contributed by atoms with Crippen molar-refractivity contribution in [2.75, 3.05) is 20.8 Å². The van der Waals surface area contributed by atoms with E-state index in [-0.39, 0.29) is 11.3 Å². The smallest absolute Gasteiger partial charge is 0.271 e. The van der Waals surface area contributed by atoms with Crippen molar-refractivity contribution >= 4 is 5.91 Å². The third kappa shape index (κ3) is 5.26. The van der Waals surface area contributed by atoms with Gasteiger partial charge in [0.1, 0.15) is 0 Å². The van der Waals surface area contributed by atoms with E-state index in [0.717, 1.165) is 16.8 Å². The first-order chi connectivity index (χ1) is 14.7. The Balaban J connectivity index is 1.64. The number of aromatic nitrogens is 2. The third-order valence-corrected chi connectivity index (χ3v) is 5.31. The molecule has 0 atom stereocenters. The Bertz CT molecular complexity index is 1050. The van der Waals surface area contributed by atoms with Crippen LogP contribution in [0.25, 0.3) is 11.3 Å². The standard InChI is InChI=1S/C25H31N3O3/c1-25(2,3)19-10-8-18(9-11-19)21-16-20(27-28(21)4)24(29)26-14-13-17-7-12-22(30-5)23(15-17)31-6/h7-12,15-16H,13-14H2,1-6H3,(H,26,29). The molecule has 0 bridgehead atoms. The SMILES string of the molecule is COc1ccc(CCNC(=O)c2cc(-c3ccc(C(C)(C)C)cc3)n(C)n2)cc1OC. The van der Waals surface area contributed by atoms with Crippen LogP contribution >= 0.6 is 0 Å². The summed E-state index contributed by atoms with van der Waals surface area (Å²) in [5.74, 6) is 1.18. The normalized spacial score (nSPS) is 11.3. The fourth-order valence-corrected chi connectivity index (χ4v) is 3.44. The molecule has 0 aliphatic heterocycles. The predicted molar refractivity (Wildman–Crippen MR) is 123 cm³/mol. The molecule has 1 amide bonds. The van der Waals surface area contributed by atoms with Crippen LogP contribution in [0.1, 0.15) is 42.4 Å². The lowest BCUT2D eigenvalue weighted by atomic mass is 9.86. The molecule has 1 aromatic heterocycles. The Kier molecular flexibility index (Phi) is 6.68. The van der Waals surface area contributed by atoms with Crippen LogP contribution in [-0.2, 0) is 18.9 Å². The highest BCUT2D eigenvalue weighted by Gasteiger charge is 2.16. The molecule has 3 aromatic rings. The van der Waals surface area contributed by atoms with E-state index in [4.69, 9.17) is 9.47 Å². The number of rotatable bonds is 7. The second-order valence-corrected chi connectivity index (χ2v) is 8.56. The van der Waals surface area contributed by atoms with Crippen LogP contribution < -0.4 is 14.8 Å². The number of amides is 1. The second kappa shape index (κ2) is 9.25. The lowest BCUT2D eigenvalue weighted by Gasteiger charge is -2.19. The molecule has 6 nitrogen and oxygen atoms in total. The highest BCUT2D eigenvalue weighted by atomic mass is 16.5. The quantitative estimate of drug-likeness (QED) is 0.615. The molecule has 0 radical (unpaired) electrons. The molecule has 2 aromatic carbocycles. The van der Waals surface area contributed by atoms with Crippen LogP contribution in [0.2, 0.25) is 0 Å². The zero-order chi connectivity index (χ0) is 22.6. The van der Waals surface area contributed by atoms with Gasteiger partial charge in [-0.25, -0.2) is 0 Å². The summed E-state index contributed by atoms with van der Waals surface area (Å²) in [7, 11) is 5.07. The lowest BCUT2D eigenvalue weighted by Crippen LogP contribution is -2.26. The average Bonchev–Trinajstić information content (AvgIpc) is 3.14. The molecule has 0 saturated heterocycles. The number of hydrogen-bond donors (Lipinski definition) is 1. The highest BCUT2D eigenvalue weighted by molar-refractivity contribution is 5.93. The molecule has 1 heterocycles. The molecule has 0 aliphatic rings. The molecule has 3 rings (SSSR count). The number of nitrogens with one attached hydrogen (secondary N) is 1. The number of aryl methyl sites for hydroxylation is 1. The van der Waals surface area contributed by atoms with Gasteiger partial charge in [0.25, 0.3) is 5.91 Å². The molecule has 0 spiro atoms. The monoisotopic (exact) mass is 421 g/mol. The minimum atomic E-state index is -0.186. The minimum absolute atomic E-state index is 0.101. The van der Waals surface area contributed by atoms with Gasteiger partial charge in [0.2, 0.25) is 0 Å². The van der Waals surface area contributed by atoms with Crippen molar-refractivity contribution in [1.29, 1.82) is 0 Å². The zero-order valence-electron chi connectivity index (χ0n) is 19.2. The lowest BCUT2D eigenvalue weighted by molar-refractivity contribution is 0.0948. The first-order valence-corrected chi connectivity index (χ1v) is 10.4. The van der Waals surface area contributed by atoms with Gasteiger partial charge in [-0.2, -0.15) is 5.10 Å². The summed E-state index contributed by atoms with van der Waals surface area (Å²) in [4.78, 5) is 12.6. The van der Waals surface area contributed by atoms with Crippen molar-refractivity contribution in [3.8, 4) is 22.8 Å². The fraction of sp³-hybridized carbons (Fsp3) is 0.360. The van der Waals surface area contributed by atoms with Gasteiger partial charge < -0.3 is 14.8 Å². The maximum atomic E-state index is 12.6. The van der Waals surface area contributed by atoms with Crippen molar-refractivity contribution in [3.05, 3.63) is 65.4 Å². The summed E-state index contributed by atoms with van der Waals surface area (Å²) >= 11 is 0. The Morgan fingerprint density at radius 2 is 1.68 bits per heavy atom. The van der Waals surface area contributed by atoms with Crippen molar-refractivity contribution < 1.29 is 14.3 Å². The molecule has 6 heteroatoms. The number of benzene rings is 2. The largest absolute Gasteiger partial charge is 0.493 e. The molecule has 0 unspecified atom stereocenters. The van der Waals surface area contributed by atoms with E-state index in [1.807, 2.05) is 31.3 Å². The van der Waals surface area contributed by atoms with Gasteiger partial charge in [-0.05, 0) is 46.7 Å². The maximum absolute atomic E-state index is 12.6. The first-order valence-electron chi connectivity index (χ1n) is 10.4. The van der Waals surface area contributed by atoms with Gasteiger partial charge in [0, 0.05) is 13.6 Å². The number of carbonyl (C=O) groups is 1. The number of hydrogen-bond acceptors (Lipinski definition) is 4. The molecule has 0 saturated carbocycles. The van der Waals surface area contributed by atoms with Gasteiger partial charge in [-0.3, -0.25) is 9.48 Å². The molecular weight excluding hydrogens is 390 g/mol. The second-order valence-electron chi connectivity index (χ2n) is 8.56. The fourth-order valence-electron chi connectivity index (χ4n) is 3.44. The van der Waals surface area contributed by atoms with Crippen molar-refractivity contribution in [3.63, 3.8) is 0 Å². The zero-order valence-corrected chi connectivity index (χ0v) is 19.2. The topological polar surface area (TPSA) is 65.4 Å². The minimum Gasteiger partial charge on any atom is -0.493 e. The molecule has 164 valence electrons. The first kappa shape index (κ1) is 22.4. The molecule has 1 N–H and O–H groups in total. The summed E-state index contributed by atoms with van der Waals surface area (Å²) in [6.45, 7) is 7.07. The van der Waals surface area contributed by atoms with Crippen LogP contribution in [0, 0.1) is 0 Å². The van der Waals surface area contributed by atoms with Crippen LogP contribution in [0.5, 0.6) is 11.5 Å². The van der Waals surface area contributed by atoms with E-state index in [0.29, 0.717) is 30.2 Å². The summed E-state index contributed by atoms with van der Waals surface area (Å²) in [6.07, 6.45) is 0.681. The predicted octanol–water partition coefficient (Wildman–Crippen LogP) is 4.37.